The lowest BCUT2D eigenvalue weighted by atomic mass is 10.1. The first-order valence-electron chi connectivity index (χ1n) is 7.94. The van der Waals surface area contributed by atoms with Crippen molar-refractivity contribution in [2.45, 2.75) is 17.8 Å². The molecule has 0 saturated carbocycles. The molecule has 0 aliphatic heterocycles. The van der Waals surface area contributed by atoms with E-state index in [-0.39, 0.29) is 11.4 Å². The maximum absolute atomic E-state index is 12.3. The van der Waals surface area contributed by atoms with Crippen LogP contribution < -0.4 is 9.46 Å². The zero-order valence-corrected chi connectivity index (χ0v) is 15.0. The van der Waals surface area contributed by atoms with E-state index in [4.69, 9.17) is 0 Å². The highest BCUT2D eigenvalue weighted by Crippen LogP contribution is 2.24. The van der Waals surface area contributed by atoms with Gasteiger partial charge in [-0.05, 0) is 48.0 Å². The number of sulfonamides is 1. The highest BCUT2D eigenvalue weighted by molar-refractivity contribution is 7.89. The molecule has 0 aliphatic carbocycles. The monoisotopic (exact) mass is 409 g/mol. The van der Waals surface area contributed by atoms with Gasteiger partial charge in [0, 0.05) is 30.7 Å². The molecule has 0 amide bonds. The Morgan fingerprint density at radius 3 is 2.32 bits per heavy atom. The summed E-state index contributed by atoms with van der Waals surface area (Å²) in [6.45, 7) is -0.0243. The minimum absolute atomic E-state index is 0.0243. The second-order valence-corrected chi connectivity index (χ2v) is 7.40. The van der Waals surface area contributed by atoms with Gasteiger partial charge in [0.05, 0.1) is 10.6 Å². The predicted octanol–water partition coefficient (Wildman–Crippen LogP) is 3.52. The summed E-state index contributed by atoms with van der Waals surface area (Å²) in [6.07, 6.45) is 0.00402. The van der Waals surface area contributed by atoms with E-state index in [0.717, 1.165) is 29.8 Å². The molecular weight excluding hydrogens is 395 g/mol. The molecule has 0 spiro atoms. The SMILES string of the molecule is O=S(=O)(NCc1ccc(-c2cccnc2)nc1)c1ccc(OC(F)(F)F)cc1. The van der Waals surface area contributed by atoms with Gasteiger partial charge in [-0.3, -0.25) is 9.97 Å². The number of halogens is 3. The van der Waals surface area contributed by atoms with E-state index in [1.807, 2.05) is 6.07 Å². The Hall–Kier alpha value is -2.98. The molecule has 3 rings (SSSR count). The Labute approximate surface area is 159 Å². The average Bonchev–Trinajstić information content (AvgIpc) is 2.67. The van der Waals surface area contributed by atoms with Crippen LogP contribution in [0.5, 0.6) is 5.75 Å². The molecule has 2 aromatic heterocycles. The summed E-state index contributed by atoms with van der Waals surface area (Å²) in [4.78, 5) is 8.10. The van der Waals surface area contributed by atoms with Crippen LogP contribution in [0.4, 0.5) is 13.2 Å². The van der Waals surface area contributed by atoms with Crippen molar-refractivity contribution in [2.24, 2.45) is 0 Å². The fourth-order valence-corrected chi connectivity index (χ4v) is 3.31. The van der Waals surface area contributed by atoms with E-state index < -0.39 is 22.1 Å². The smallest absolute Gasteiger partial charge is 0.406 e. The number of hydrogen-bond acceptors (Lipinski definition) is 5. The fraction of sp³-hybridized carbons (Fsp3) is 0.111. The number of pyridine rings is 2. The third kappa shape index (κ3) is 5.27. The van der Waals surface area contributed by atoms with Crippen LogP contribution in [0.15, 0.2) is 72.0 Å². The molecule has 146 valence electrons. The van der Waals surface area contributed by atoms with Crippen LogP contribution >= 0.6 is 0 Å². The van der Waals surface area contributed by atoms with Gasteiger partial charge in [0.25, 0.3) is 0 Å². The number of nitrogens with one attached hydrogen (secondary N) is 1. The highest BCUT2D eigenvalue weighted by atomic mass is 32.2. The molecule has 0 fully saturated rings. The molecule has 0 bridgehead atoms. The lowest BCUT2D eigenvalue weighted by Crippen LogP contribution is -2.23. The Kier molecular flexibility index (Phi) is 5.61. The van der Waals surface area contributed by atoms with E-state index >= 15 is 0 Å². The summed E-state index contributed by atoms with van der Waals surface area (Å²) in [5, 5.41) is 0. The molecule has 2 heterocycles. The Bertz CT molecular complexity index is 1020. The molecule has 0 saturated heterocycles. The van der Waals surface area contributed by atoms with Crippen LogP contribution in [0, 0.1) is 0 Å². The molecule has 1 N–H and O–H groups in total. The van der Waals surface area contributed by atoms with Crippen LogP contribution in [0.1, 0.15) is 5.56 Å². The summed E-state index contributed by atoms with van der Waals surface area (Å²) in [5.41, 5.74) is 2.14. The minimum Gasteiger partial charge on any atom is -0.406 e. The van der Waals surface area contributed by atoms with E-state index in [1.54, 1.807) is 30.6 Å². The van der Waals surface area contributed by atoms with Crippen LogP contribution in [0.3, 0.4) is 0 Å². The minimum atomic E-state index is -4.84. The van der Waals surface area contributed by atoms with Gasteiger partial charge in [0.1, 0.15) is 5.75 Å². The predicted molar refractivity (Wildman–Crippen MR) is 94.6 cm³/mol. The van der Waals surface area contributed by atoms with Crippen molar-refractivity contribution < 1.29 is 26.3 Å². The molecule has 0 aliphatic rings. The number of aromatic nitrogens is 2. The Balaban J connectivity index is 1.65. The molecule has 3 aromatic rings. The van der Waals surface area contributed by atoms with E-state index in [1.165, 1.54) is 6.20 Å². The number of rotatable bonds is 6. The topological polar surface area (TPSA) is 81.2 Å². The third-order valence-corrected chi connectivity index (χ3v) is 5.03. The quantitative estimate of drug-likeness (QED) is 0.674. The summed E-state index contributed by atoms with van der Waals surface area (Å²) in [6, 6.07) is 11.0. The van der Waals surface area contributed by atoms with Gasteiger partial charge in [-0.2, -0.15) is 0 Å². The van der Waals surface area contributed by atoms with Gasteiger partial charge in [-0.15, -0.1) is 13.2 Å². The largest absolute Gasteiger partial charge is 0.573 e. The van der Waals surface area contributed by atoms with E-state index in [0.29, 0.717) is 11.3 Å². The van der Waals surface area contributed by atoms with Crippen molar-refractivity contribution in [3.63, 3.8) is 0 Å². The van der Waals surface area contributed by atoms with Crippen molar-refractivity contribution in [3.05, 3.63) is 72.7 Å². The van der Waals surface area contributed by atoms with Crippen LogP contribution in [0.25, 0.3) is 11.3 Å². The van der Waals surface area contributed by atoms with E-state index in [9.17, 15) is 21.6 Å². The lowest BCUT2D eigenvalue weighted by Gasteiger charge is -2.10. The number of ether oxygens (including phenoxy) is 1. The van der Waals surface area contributed by atoms with Gasteiger partial charge in [0.2, 0.25) is 10.0 Å². The first-order valence-corrected chi connectivity index (χ1v) is 9.42. The van der Waals surface area contributed by atoms with Gasteiger partial charge >= 0.3 is 6.36 Å². The summed E-state index contributed by atoms with van der Waals surface area (Å²) in [7, 11) is -3.91. The van der Waals surface area contributed by atoms with Crippen LogP contribution in [-0.2, 0) is 16.6 Å². The van der Waals surface area contributed by atoms with Crippen molar-refractivity contribution in [1.82, 2.24) is 14.7 Å². The summed E-state index contributed by atoms with van der Waals surface area (Å²) >= 11 is 0. The fourth-order valence-electron chi connectivity index (χ4n) is 2.30. The molecular formula is C18H14F3N3O3S. The number of hydrogen-bond donors (Lipinski definition) is 1. The second kappa shape index (κ2) is 7.95. The molecule has 0 radical (unpaired) electrons. The van der Waals surface area contributed by atoms with Gasteiger partial charge < -0.3 is 4.74 Å². The summed E-state index contributed by atoms with van der Waals surface area (Å²) in [5.74, 6) is -0.498. The average molecular weight is 409 g/mol. The van der Waals surface area contributed by atoms with Crippen molar-refractivity contribution in [3.8, 4) is 17.0 Å². The van der Waals surface area contributed by atoms with Gasteiger partial charge in [-0.25, -0.2) is 13.1 Å². The maximum Gasteiger partial charge on any atom is 0.573 e. The molecule has 10 heteroatoms. The maximum atomic E-state index is 12.3. The van der Waals surface area contributed by atoms with Gasteiger partial charge in [-0.1, -0.05) is 6.07 Å². The lowest BCUT2D eigenvalue weighted by molar-refractivity contribution is -0.274. The van der Waals surface area contributed by atoms with Crippen molar-refractivity contribution in [1.29, 1.82) is 0 Å². The first kappa shape index (κ1) is 19.8. The molecule has 0 unspecified atom stereocenters. The third-order valence-electron chi connectivity index (χ3n) is 3.62. The zero-order chi connectivity index (χ0) is 20.2. The zero-order valence-electron chi connectivity index (χ0n) is 14.2. The highest BCUT2D eigenvalue weighted by Gasteiger charge is 2.31. The number of alkyl halides is 3. The normalized spacial score (nSPS) is 12.0. The molecule has 0 atom stereocenters. The molecule has 28 heavy (non-hydrogen) atoms. The Morgan fingerprint density at radius 2 is 1.75 bits per heavy atom. The number of nitrogens with zero attached hydrogens (tertiary/aromatic N) is 2. The van der Waals surface area contributed by atoms with Gasteiger partial charge in [0.15, 0.2) is 0 Å². The van der Waals surface area contributed by atoms with Crippen molar-refractivity contribution >= 4 is 10.0 Å². The van der Waals surface area contributed by atoms with Crippen LogP contribution in [-0.4, -0.2) is 24.7 Å². The number of benzene rings is 1. The molecule has 6 nitrogen and oxygen atoms in total. The Morgan fingerprint density at radius 1 is 1.00 bits per heavy atom. The summed E-state index contributed by atoms with van der Waals surface area (Å²) < 4.78 is 67.1. The second-order valence-electron chi connectivity index (χ2n) is 5.64. The molecule has 1 aromatic carbocycles. The van der Waals surface area contributed by atoms with E-state index in [2.05, 4.69) is 19.4 Å². The first-order chi connectivity index (χ1) is 13.2. The van der Waals surface area contributed by atoms with Crippen molar-refractivity contribution in [2.75, 3.05) is 0 Å². The standard InChI is InChI=1S/C18H14F3N3O3S/c19-18(20,21)27-15-4-6-16(7-5-15)28(25,26)24-11-13-3-8-17(23-10-13)14-2-1-9-22-12-14/h1-10,12,24H,11H2. The van der Waals surface area contributed by atoms with Crippen LogP contribution in [0.2, 0.25) is 0 Å².